The molecule has 1 aromatic carbocycles. The van der Waals surface area contributed by atoms with Gasteiger partial charge in [-0.25, -0.2) is 4.79 Å². The molecule has 2 N–H and O–H groups in total. The van der Waals surface area contributed by atoms with Crippen LogP contribution in [0.3, 0.4) is 0 Å². The number of esters is 1. The highest BCUT2D eigenvalue weighted by atomic mass is 16.5. The van der Waals surface area contributed by atoms with Crippen LogP contribution in [0.25, 0.3) is 0 Å². The Hall–Kier alpha value is -1.55. The van der Waals surface area contributed by atoms with E-state index in [9.17, 15) is 4.79 Å². The molecule has 18 heavy (non-hydrogen) atoms. The Labute approximate surface area is 107 Å². The Morgan fingerprint density at radius 3 is 2.56 bits per heavy atom. The molecule has 0 atom stereocenters. The molecule has 0 amide bonds. The highest BCUT2D eigenvalue weighted by Crippen LogP contribution is 2.22. The summed E-state index contributed by atoms with van der Waals surface area (Å²) in [6.07, 6.45) is 4.39. The van der Waals surface area contributed by atoms with Crippen molar-refractivity contribution in [2.75, 3.05) is 18.5 Å². The van der Waals surface area contributed by atoms with E-state index in [1.165, 1.54) is 0 Å². The summed E-state index contributed by atoms with van der Waals surface area (Å²) in [6.45, 7) is 0.595. The number of carbonyl (C=O) groups is 1. The average Bonchev–Trinajstić information content (AvgIpc) is 2.89. The molecule has 1 fully saturated rings. The maximum Gasteiger partial charge on any atom is 0.338 e. The quantitative estimate of drug-likeness (QED) is 0.785. The molecule has 0 unspecified atom stereocenters. The van der Waals surface area contributed by atoms with E-state index in [-0.39, 0.29) is 18.7 Å². The summed E-state index contributed by atoms with van der Waals surface area (Å²) in [5.74, 6) is -0.240. The third kappa shape index (κ3) is 3.47. The van der Waals surface area contributed by atoms with Gasteiger partial charge in [-0.2, -0.15) is 0 Å². The average molecular weight is 249 g/mol. The number of hydrogen-bond acceptors (Lipinski definition) is 4. The lowest BCUT2D eigenvalue weighted by Gasteiger charge is -2.11. The van der Waals surface area contributed by atoms with E-state index < -0.39 is 0 Å². The second kappa shape index (κ2) is 6.40. The molecule has 0 radical (unpaired) electrons. The van der Waals surface area contributed by atoms with Crippen molar-refractivity contribution in [1.82, 2.24) is 0 Å². The molecule has 0 spiro atoms. The smallest absolute Gasteiger partial charge is 0.338 e. The van der Waals surface area contributed by atoms with E-state index in [4.69, 9.17) is 9.84 Å². The molecule has 4 heteroatoms. The fraction of sp³-hybridized carbons (Fsp3) is 0.500. The van der Waals surface area contributed by atoms with Crippen molar-refractivity contribution < 1.29 is 14.6 Å². The maximum absolute atomic E-state index is 11.8. The van der Waals surface area contributed by atoms with Crippen LogP contribution in [-0.4, -0.2) is 30.3 Å². The molecule has 0 aromatic heterocycles. The van der Waals surface area contributed by atoms with Gasteiger partial charge in [0, 0.05) is 12.2 Å². The summed E-state index contributed by atoms with van der Waals surface area (Å²) < 4.78 is 5.42. The van der Waals surface area contributed by atoms with Crippen molar-refractivity contribution in [3.05, 3.63) is 29.8 Å². The van der Waals surface area contributed by atoms with Crippen molar-refractivity contribution in [2.45, 2.75) is 31.8 Å². The molecular weight excluding hydrogens is 230 g/mol. The second-order valence-corrected chi connectivity index (χ2v) is 4.54. The fourth-order valence-corrected chi connectivity index (χ4v) is 2.15. The van der Waals surface area contributed by atoms with Crippen LogP contribution in [0.2, 0.25) is 0 Å². The first kappa shape index (κ1) is 12.9. The van der Waals surface area contributed by atoms with E-state index in [0.29, 0.717) is 12.1 Å². The van der Waals surface area contributed by atoms with Gasteiger partial charge in [-0.05, 0) is 49.9 Å². The van der Waals surface area contributed by atoms with Crippen LogP contribution in [0.5, 0.6) is 0 Å². The summed E-state index contributed by atoms with van der Waals surface area (Å²) in [6, 6.07) is 7.13. The molecule has 1 aliphatic carbocycles. The van der Waals surface area contributed by atoms with Gasteiger partial charge < -0.3 is 15.2 Å². The largest absolute Gasteiger partial charge is 0.459 e. The van der Waals surface area contributed by atoms with Gasteiger partial charge in [0.25, 0.3) is 0 Å². The number of anilines is 1. The van der Waals surface area contributed by atoms with Gasteiger partial charge in [0.1, 0.15) is 6.10 Å². The minimum atomic E-state index is -0.240. The predicted octanol–water partition coefficient (Wildman–Crippen LogP) is 2.19. The van der Waals surface area contributed by atoms with Crippen LogP contribution in [-0.2, 0) is 4.74 Å². The van der Waals surface area contributed by atoms with Crippen LogP contribution < -0.4 is 5.32 Å². The van der Waals surface area contributed by atoms with Gasteiger partial charge in [0.2, 0.25) is 0 Å². The van der Waals surface area contributed by atoms with Crippen LogP contribution in [0, 0.1) is 0 Å². The third-order valence-corrected chi connectivity index (χ3v) is 3.14. The summed E-state index contributed by atoms with van der Waals surface area (Å²) in [5.41, 5.74) is 1.47. The number of aliphatic hydroxyl groups excluding tert-OH is 1. The van der Waals surface area contributed by atoms with Gasteiger partial charge in [-0.1, -0.05) is 0 Å². The van der Waals surface area contributed by atoms with E-state index >= 15 is 0 Å². The van der Waals surface area contributed by atoms with Crippen LogP contribution in [0.1, 0.15) is 36.0 Å². The minimum Gasteiger partial charge on any atom is -0.459 e. The molecule has 4 nitrogen and oxygen atoms in total. The normalized spacial score (nSPS) is 15.6. The first-order valence-corrected chi connectivity index (χ1v) is 6.45. The lowest BCUT2D eigenvalue weighted by molar-refractivity contribution is 0.0318. The molecule has 0 bridgehead atoms. The molecule has 0 heterocycles. The van der Waals surface area contributed by atoms with Crippen molar-refractivity contribution in [1.29, 1.82) is 0 Å². The zero-order chi connectivity index (χ0) is 12.8. The molecule has 0 aliphatic heterocycles. The Balaban J connectivity index is 1.89. The maximum atomic E-state index is 11.8. The van der Waals surface area contributed by atoms with E-state index in [2.05, 4.69) is 5.32 Å². The van der Waals surface area contributed by atoms with Gasteiger partial charge >= 0.3 is 5.97 Å². The summed E-state index contributed by atoms with van der Waals surface area (Å²) in [7, 11) is 0. The van der Waals surface area contributed by atoms with Crippen LogP contribution in [0.15, 0.2) is 24.3 Å². The van der Waals surface area contributed by atoms with Crippen molar-refractivity contribution in [3.8, 4) is 0 Å². The molecular formula is C14H19NO3. The van der Waals surface area contributed by atoms with E-state index in [1.807, 2.05) is 12.1 Å². The number of nitrogens with one attached hydrogen (secondary N) is 1. The van der Waals surface area contributed by atoms with E-state index in [1.54, 1.807) is 12.1 Å². The number of ether oxygens (including phenoxy) is 1. The van der Waals surface area contributed by atoms with Crippen molar-refractivity contribution >= 4 is 11.7 Å². The SMILES string of the molecule is O=C(OC1CCCC1)c1ccc(NCCO)cc1. The van der Waals surface area contributed by atoms with Gasteiger partial charge in [-0.3, -0.25) is 0 Å². The molecule has 1 saturated carbocycles. The summed E-state index contributed by atoms with van der Waals surface area (Å²) in [5, 5.41) is 11.7. The van der Waals surface area contributed by atoms with Gasteiger partial charge in [0.05, 0.1) is 12.2 Å². The molecule has 1 aliphatic rings. The lowest BCUT2D eigenvalue weighted by atomic mass is 10.2. The van der Waals surface area contributed by atoms with E-state index in [0.717, 1.165) is 31.4 Å². The van der Waals surface area contributed by atoms with Crippen LogP contribution in [0.4, 0.5) is 5.69 Å². The summed E-state index contributed by atoms with van der Waals surface area (Å²) >= 11 is 0. The first-order chi connectivity index (χ1) is 8.79. The minimum absolute atomic E-state index is 0.0888. The lowest BCUT2D eigenvalue weighted by Crippen LogP contribution is -2.14. The highest BCUT2D eigenvalue weighted by molar-refractivity contribution is 5.89. The number of rotatable bonds is 5. The van der Waals surface area contributed by atoms with Gasteiger partial charge in [-0.15, -0.1) is 0 Å². The monoisotopic (exact) mass is 249 g/mol. The zero-order valence-electron chi connectivity index (χ0n) is 10.4. The second-order valence-electron chi connectivity index (χ2n) is 4.54. The zero-order valence-corrected chi connectivity index (χ0v) is 10.4. The molecule has 2 rings (SSSR count). The van der Waals surface area contributed by atoms with Crippen molar-refractivity contribution in [3.63, 3.8) is 0 Å². The van der Waals surface area contributed by atoms with Crippen molar-refractivity contribution in [2.24, 2.45) is 0 Å². The van der Waals surface area contributed by atoms with Crippen LogP contribution >= 0.6 is 0 Å². The fourth-order valence-electron chi connectivity index (χ4n) is 2.15. The molecule has 98 valence electrons. The Morgan fingerprint density at radius 1 is 1.28 bits per heavy atom. The number of benzene rings is 1. The molecule has 0 saturated heterocycles. The Bertz CT molecular complexity index is 383. The number of carbonyl (C=O) groups excluding carboxylic acids is 1. The molecule has 1 aromatic rings. The first-order valence-electron chi connectivity index (χ1n) is 6.45. The number of hydrogen-bond donors (Lipinski definition) is 2. The topological polar surface area (TPSA) is 58.6 Å². The predicted molar refractivity (Wildman–Crippen MR) is 69.7 cm³/mol. The number of aliphatic hydroxyl groups is 1. The Kier molecular flexibility index (Phi) is 4.59. The highest BCUT2D eigenvalue weighted by Gasteiger charge is 2.19. The summed E-state index contributed by atoms with van der Waals surface area (Å²) in [4.78, 5) is 11.8. The third-order valence-electron chi connectivity index (χ3n) is 3.14. The van der Waals surface area contributed by atoms with Gasteiger partial charge in [0.15, 0.2) is 0 Å². The Morgan fingerprint density at radius 2 is 1.94 bits per heavy atom. The standard InChI is InChI=1S/C14H19NO3/c16-10-9-15-12-7-5-11(6-8-12)14(17)18-13-3-1-2-4-13/h5-8,13,15-16H,1-4,9-10H2.